The average Bonchev–Trinajstić information content (AvgIpc) is 3.79. The molecule has 0 aliphatic rings. The molecule has 5 aromatic carbocycles. The number of nitrogens with zero attached hydrogens (tertiary/aromatic N) is 4. The van der Waals surface area contributed by atoms with Crippen molar-refractivity contribution in [2.24, 2.45) is 0 Å². The van der Waals surface area contributed by atoms with Crippen LogP contribution in [0.3, 0.4) is 0 Å². The van der Waals surface area contributed by atoms with Crippen LogP contribution in [0, 0.1) is 17.9 Å². The van der Waals surface area contributed by atoms with Gasteiger partial charge in [0.2, 0.25) is 0 Å². The molecule has 1 radical (unpaired) electrons. The van der Waals surface area contributed by atoms with Crippen LogP contribution in [0.2, 0.25) is 19.6 Å². The van der Waals surface area contributed by atoms with Crippen LogP contribution in [0.4, 0.5) is 4.39 Å². The Bertz CT molecular complexity index is 2810. The molecule has 4 nitrogen and oxygen atoms in total. The molecule has 0 bridgehead atoms. The predicted octanol–water partition coefficient (Wildman–Crippen LogP) is 13.4. The van der Waals surface area contributed by atoms with Gasteiger partial charge in [-0.3, -0.25) is 4.98 Å². The van der Waals surface area contributed by atoms with Crippen molar-refractivity contribution < 1.29 is 24.5 Å². The molecule has 0 aliphatic heterocycles. The Morgan fingerprint density at radius 1 is 0.690 bits per heavy atom. The zero-order valence-electron chi connectivity index (χ0n) is 33.8. The van der Waals surface area contributed by atoms with Crippen LogP contribution in [0.1, 0.15) is 50.7 Å². The Balaban J connectivity index is 0.000000254. The van der Waals surface area contributed by atoms with Crippen molar-refractivity contribution in [2.45, 2.75) is 59.2 Å². The van der Waals surface area contributed by atoms with Crippen LogP contribution >= 0.6 is 11.3 Å². The van der Waals surface area contributed by atoms with Crippen LogP contribution in [-0.2, 0) is 20.1 Å². The summed E-state index contributed by atoms with van der Waals surface area (Å²) in [6.45, 7) is 15.5. The fraction of sp³-hybridized carbons (Fsp3) is 0.180. The molecule has 9 rings (SSSR count). The molecule has 58 heavy (non-hydrogen) atoms. The number of benzene rings is 5. The van der Waals surface area contributed by atoms with Gasteiger partial charge in [-0.2, -0.15) is 11.3 Å². The summed E-state index contributed by atoms with van der Waals surface area (Å²) in [6, 6.07) is 49.2. The number of thiophene rings is 1. The van der Waals surface area contributed by atoms with E-state index in [1.165, 1.54) is 5.19 Å². The van der Waals surface area contributed by atoms with Crippen molar-refractivity contribution in [3.05, 3.63) is 163 Å². The zero-order valence-corrected chi connectivity index (χ0v) is 38.0. The Labute approximate surface area is 359 Å². The Kier molecular flexibility index (Phi) is 12.0. The van der Waals surface area contributed by atoms with Crippen molar-refractivity contribution in [3.63, 3.8) is 0 Å². The first-order chi connectivity index (χ1) is 27.5. The van der Waals surface area contributed by atoms with E-state index in [1.807, 2.05) is 72.9 Å². The Morgan fingerprint density at radius 2 is 1.38 bits per heavy atom. The number of pyridine rings is 2. The minimum atomic E-state index is -1.23. The summed E-state index contributed by atoms with van der Waals surface area (Å²) in [4.78, 5) is 15.8. The summed E-state index contributed by atoms with van der Waals surface area (Å²) in [6.07, 6.45) is 2.02. The Hall–Kier alpha value is -5.11. The van der Waals surface area contributed by atoms with Crippen molar-refractivity contribution in [3.8, 4) is 39.6 Å². The number of fused-ring (bicyclic) bond motifs is 4. The number of hydrogen-bond donors (Lipinski definition) is 0. The molecular formula is C50H45FIrN4SSi-2. The maximum atomic E-state index is 15.0. The molecule has 4 heterocycles. The maximum Gasteiger partial charge on any atom is 0.123 e. The van der Waals surface area contributed by atoms with E-state index < -0.39 is 8.07 Å². The molecule has 0 N–H and O–H groups in total. The number of imidazole rings is 1. The van der Waals surface area contributed by atoms with Crippen molar-refractivity contribution in [1.29, 1.82) is 0 Å². The Morgan fingerprint density at radius 3 is 2.03 bits per heavy atom. The number of rotatable bonds is 7. The normalized spacial score (nSPS) is 11.6. The van der Waals surface area contributed by atoms with E-state index in [9.17, 15) is 4.39 Å². The molecule has 0 atom stereocenters. The number of para-hydroxylation sites is 2. The first-order valence-corrected chi connectivity index (χ1v) is 23.8. The van der Waals surface area contributed by atoms with Gasteiger partial charge in [0.05, 0.1) is 30.6 Å². The third-order valence-corrected chi connectivity index (χ3v) is 13.5. The molecule has 9 aromatic rings. The molecule has 0 aliphatic carbocycles. The van der Waals surface area contributed by atoms with Crippen LogP contribution in [0.15, 0.2) is 134 Å². The van der Waals surface area contributed by atoms with E-state index in [1.54, 1.807) is 23.5 Å². The van der Waals surface area contributed by atoms with Gasteiger partial charge in [-0.15, -0.1) is 54.1 Å². The zero-order chi connectivity index (χ0) is 39.8. The molecule has 4 aromatic heterocycles. The predicted molar refractivity (Wildman–Crippen MR) is 241 cm³/mol. The van der Waals surface area contributed by atoms with E-state index in [4.69, 9.17) is 9.97 Å². The van der Waals surface area contributed by atoms with Gasteiger partial charge in [0, 0.05) is 37.6 Å². The van der Waals surface area contributed by atoms with E-state index in [-0.39, 0.29) is 37.8 Å². The minimum absolute atomic E-state index is 0. The van der Waals surface area contributed by atoms with Gasteiger partial charge in [-0.05, 0) is 74.3 Å². The summed E-state index contributed by atoms with van der Waals surface area (Å²) in [5.41, 5.74) is 9.88. The second kappa shape index (κ2) is 17.0. The molecule has 0 spiro atoms. The van der Waals surface area contributed by atoms with Gasteiger partial charge >= 0.3 is 0 Å². The topological polar surface area (TPSA) is 43.6 Å². The second-order valence-electron chi connectivity index (χ2n) is 16.1. The number of hydrogen-bond acceptors (Lipinski definition) is 4. The monoisotopic (exact) mass is 973 g/mol. The third-order valence-electron chi connectivity index (χ3n) is 10.4. The van der Waals surface area contributed by atoms with E-state index >= 15 is 0 Å². The largest absolute Gasteiger partial charge is 0.333 e. The molecule has 0 fully saturated rings. The number of halogens is 1. The summed E-state index contributed by atoms with van der Waals surface area (Å²) < 4.78 is 18.3. The first-order valence-electron chi connectivity index (χ1n) is 19.5. The van der Waals surface area contributed by atoms with Crippen LogP contribution in [-0.4, -0.2) is 27.6 Å². The molecule has 0 unspecified atom stereocenters. The van der Waals surface area contributed by atoms with Crippen molar-refractivity contribution in [2.75, 3.05) is 0 Å². The third kappa shape index (κ3) is 8.12. The van der Waals surface area contributed by atoms with Gasteiger partial charge in [-0.25, -0.2) is 9.37 Å². The van der Waals surface area contributed by atoms with Crippen molar-refractivity contribution in [1.82, 2.24) is 19.5 Å². The standard InChI is InChI=1S/C36H29FN3S.C14H16NSi.Ir/c1-21(2)28-19-24(37)20-29(22(3)4)33(28)40-32-16-9-8-15-31(32)38-35(40)27-14-10-13-25-26-17-18-30(23-11-6-5-7-12-23)39-36(26)41-34(25)27;1-16(2,3)13-9-10-14(15-11-13)12-7-5-4-6-8-12;/h5-13,15-22H,1-4H3;4-7,9-11H,1-3H3;/q2*-1;. The number of aromatic nitrogens is 4. The summed E-state index contributed by atoms with van der Waals surface area (Å²) in [7, 11) is -1.23. The van der Waals surface area contributed by atoms with E-state index in [2.05, 4.69) is 118 Å². The van der Waals surface area contributed by atoms with Crippen LogP contribution in [0.25, 0.3) is 70.9 Å². The molecular weight excluding hydrogens is 928 g/mol. The fourth-order valence-corrected chi connectivity index (χ4v) is 9.51. The smallest absolute Gasteiger partial charge is 0.123 e. The summed E-state index contributed by atoms with van der Waals surface area (Å²) >= 11 is 1.67. The van der Waals surface area contributed by atoms with Crippen LogP contribution < -0.4 is 5.19 Å². The average molecular weight is 973 g/mol. The molecule has 0 amide bonds. The van der Waals surface area contributed by atoms with Gasteiger partial charge in [0.15, 0.2) is 0 Å². The molecule has 0 saturated carbocycles. The second-order valence-corrected chi connectivity index (χ2v) is 22.1. The van der Waals surface area contributed by atoms with Gasteiger partial charge in [0.25, 0.3) is 0 Å². The van der Waals surface area contributed by atoms with E-state index in [0.29, 0.717) is 0 Å². The first kappa shape index (κ1) is 41.1. The van der Waals surface area contributed by atoms with Gasteiger partial charge < -0.3 is 9.55 Å². The van der Waals surface area contributed by atoms with Gasteiger partial charge in [-0.1, -0.05) is 119 Å². The summed E-state index contributed by atoms with van der Waals surface area (Å²) in [5, 5.41) is 3.65. The molecule has 293 valence electrons. The van der Waals surface area contributed by atoms with E-state index in [0.717, 1.165) is 82.1 Å². The minimum Gasteiger partial charge on any atom is -0.333 e. The van der Waals surface area contributed by atoms with Gasteiger partial charge in [0.1, 0.15) is 10.6 Å². The molecule has 0 saturated heterocycles. The fourth-order valence-electron chi connectivity index (χ4n) is 7.31. The SMILES string of the molecule is CC(C)c1cc(F)cc(C(C)C)c1-n1c(-c2[c-]ccc3c2sc2nc(-c4ccccc4)ccc23)nc2ccccc21.C[Si](C)(C)c1ccc(-c2[c-]cccc2)nc1.[Ir]. The quantitative estimate of drug-likeness (QED) is 0.118. The maximum absolute atomic E-state index is 15.0. The molecule has 8 heteroatoms. The summed E-state index contributed by atoms with van der Waals surface area (Å²) in [5.74, 6) is 0.849. The van der Waals surface area contributed by atoms with Crippen molar-refractivity contribution >= 4 is 55.9 Å². The van der Waals surface area contributed by atoms with Crippen LogP contribution in [0.5, 0.6) is 0 Å².